The molecule has 0 spiro atoms. The maximum Gasteiger partial charge on any atom is 0.410 e. The molecule has 0 radical (unpaired) electrons. The summed E-state index contributed by atoms with van der Waals surface area (Å²) in [5.41, 5.74) is 5.58. The minimum absolute atomic E-state index is 0.00171. The number of ketones is 1. The molecule has 4 aromatic carbocycles. The van der Waals surface area contributed by atoms with Crippen LogP contribution in [0.15, 0.2) is 78.9 Å². The number of aromatic nitrogens is 4. The summed E-state index contributed by atoms with van der Waals surface area (Å²) in [7, 11) is 1.30. The first kappa shape index (κ1) is 35.2. The van der Waals surface area contributed by atoms with Gasteiger partial charge in [0, 0.05) is 22.6 Å². The van der Waals surface area contributed by atoms with Crippen LogP contribution in [0.5, 0.6) is 0 Å². The lowest BCUT2D eigenvalue weighted by Crippen LogP contribution is -2.53. The topological polar surface area (TPSA) is 154 Å². The number of alkyl carbamates (subject to hydrolysis) is 1. The summed E-state index contributed by atoms with van der Waals surface area (Å²) in [4.78, 5) is 57.8. The molecule has 0 bridgehead atoms. The Kier molecular flexibility index (Phi) is 8.34. The molecule has 4 heterocycles. The quantitative estimate of drug-likeness (QED) is 0.119. The normalized spacial score (nSPS) is 24.8. The maximum atomic E-state index is 13.7. The number of aromatic amines is 2. The first-order chi connectivity index (χ1) is 27.7. The zero-order valence-corrected chi connectivity index (χ0v) is 32.0. The number of nitrogens with one attached hydrogen (secondary N) is 4. The highest BCUT2D eigenvalue weighted by Gasteiger charge is 2.66. The fourth-order valence-corrected chi connectivity index (χ4v) is 9.23. The van der Waals surface area contributed by atoms with Crippen LogP contribution in [0.2, 0.25) is 0 Å². The highest BCUT2D eigenvalue weighted by molar-refractivity contribution is 6.04. The predicted molar refractivity (Wildman–Crippen MR) is 214 cm³/mol. The van der Waals surface area contributed by atoms with Crippen molar-refractivity contribution in [2.75, 3.05) is 7.11 Å². The van der Waals surface area contributed by atoms with Gasteiger partial charge in [0.2, 0.25) is 0 Å². The summed E-state index contributed by atoms with van der Waals surface area (Å²) in [6.07, 6.45) is 2.55. The molecule has 4 N–H and O–H groups in total. The Hall–Kier alpha value is -6.19. The number of rotatable bonds is 8. The molecule has 0 unspecified atom stereocenters. The molecule has 4 fully saturated rings. The van der Waals surface area contributed by atoms with Gasteiger partial charge in [-0.1, -0.05) is 68.2 Å². The largest absolute Gasteiger partial charge is 0.453 e. The number of Topliss-reactive ketones (excluding diaryl/α,β-unsaturated/α-hetero) is 1. The van der Waals surface area contributed by atoms with Gasteiger partial charge in [-0.3, -0.25) is 15.0 Å². The van der Waals surface area contributed by atoms with E-state index in [4.69, 9.17) is 19.4 Å². The summed E-state index contributed by atoms with van der Waals surface area (Å²) in [5.74, 6) is 8.86. The number of benzene rings is 4. The number of fused-ring (bicyclic) bond motifs is 6. The molecule has 2 saturated heterocycles. The van der Waals surface area contributed by atoms with E-state index in [0.717, 1.165) is 86.9 Å². The van der Waals surface area contributed by atoms with Gasteiger partial charge in [0.15, 0.2) is 5.78 Å². The van der Waals surface area contributed by atoms with Gasteiger partial charge in [0.05, 0.1) is 52.8 Å². The van der Waals surface area contributed by atoms with Gasteiger partial charge in [-0.15, -0.1) is 0 Å². The van der Waals surface area contributed by atoms with Crippen LogP contribution in [0, 0.1) is 29.6 Å². The molecule has 57 heavy (non-hydrogen) atoms. The van der Waals surface area contributed by atoms with E-state index in [9.17, 15) is 14.4 Å². The van der Waals surface area contributed by atoms with Crippen LogP contribution in [0.25, 0.3) is 32.8 Å². The van der Waals surface area contributed by atoms with Crippen LogP contribution in [-0.2, 0) is 20.9 Å². The average molecular weight is 762 g/mol. The lowest BCUT2D eigenvalue weighted by Gasteiger charge is -2.26. The Morgan fingerprint density at radius 3 is 2.51 bits per heavy atom. The first-order valence-corrected chi connectivity index (χ1v) is 19.8. The number of hydrogen-bond donors (Lipinski definition) is 4. The third-order valence-electron chi connectivity index (χ3n) is 12.4. The lowest BCUT2D eigenvalue weighted by atomic mass is 9.93. The fraction of sp³-hybridized carbons (Fsp3) is 0.356. The molecule has 2 amide bonds. The Bertz CT molecular complexity index is 2660. The predicted octanol–water partition coefficient (Wildman–Crippen LogP) is 7.21. The monoisotopic (exact) mass is 761 g/mol. The van der Waals surface area contributed by atoms with E-state index < -0.39 is 17.7 Å². The summed E-state index contributed by atoms with van der Waals surface area (Å²) in [6, 6.07) is 25.4. The van der Waals surface area contributed by atoms with Crippen molar-refractivity contribution in [2.45, 2.75) is 75.8 Å². The van der Waals surface area contributed by atoms with E-state index in [2.05, 4.69) is 50.6 Å². The van der Waals surface area contributed by atoms with E-state index >= 15 is 0 Å². The number of imidazole rings is 2. The van der Waals surface area contributed by atoms with E-state index in [1.807, 2.05) is 79.4 Å². The number of amides is 2. The molecule has 7 atom stereocenters. The number of carbonyl (C=O) groups excluding carboxylic acids is 3. The summed E-state index contributed by atoms with van der Waals surface area (Å²) in [6.45, 7) is 4.10. The summed E-state index contributed by atoms with van der Waals surface area (Å²) < 4.78 is 10.5. The van der Waals surface area contributed by atoms with Crippen molar-refractivity contribution in [3.63, 3.8) is 0 Å². The highest BCUT2D eigenvalue weighted by Crippen LogP contribution is 2.56. The van der Waals surface area contributed by atoms with Gasteiger partial charge < -0.3 is 24.8 Å². The van der Waals surface area contributed by atoms with E-state index in [0.29, 0.717) is 5.92 Å². The second-order valence-electron chi connectivity index (χ2n) is 16.4. The molecule has 2 aromatic heterocycles. The van der Waals surface area contributed by atoms with Crippen LogP contribution >= 0.6 is 0 Å². The van der Waals surface area contributed by atoms with Crippen LogP contribution in [0.4, 0.5) is 9.59 Å². The first-order valence-electron chi connectivity index (χ1n) is 19.8. The minimum Gasteiger partial charge on any atom is -0.453 e. The molecule has 2 aliphatic heterocycles. The SMILES string of the molecule is COC(=O)N[C@H](C(=O)[C@@]12C[C@H]1C[C@@H](c1nc3ccc(C#Cc4ccc5c(ccc6[nH]c([C@@H]7C[C@H]8C[C@H]8N7C(=O)OCc7ccccc7)nc65)c4)cc3[nH]1)N2)C(C)C. The zero-order chi connectivity index (χ0) is 39.0. The molecular formula is C45H43N7O5. The Morgan fingerprint density at radius 1 is 0.912 bits per heavy atom. The zero-order valence-electron chi connectivity index (χ0n) is 32.0. The van der Waals surface area contributed by atoms with Crippen molar-refractivity contribution >= 4 is 50.8 Å². The Balaban J connectivity index is 0.836. The number of likely N-dealkylation sites (tertiary alicyclic amines) is 1. The van der Waals surface area contributed by atoms with Gasteiger partial charge in [0.25, 0.3) is 0 Å². The van der Waals surface area contributed by atoms with Crippen LogP contribution in [-0.4, -0.2) is 67.5 Å². The molecule has 6 aromatic rings. The molecule has 10 rings (SSSR count). The van der Waals surface area contributed by atoms with E-state index in [1.54, 1.807) is 0 Å². The molecule has 12 heteroatoms. The van der Waals surface area contributed by atoms with Gasteiger partial charge in [-0.25, -0.2) is 19.6 Å². The summed E-state index contributed by atoms with van der Waals surface area (Å²) >= 11 is 0. The number of H-pyrrole nitrogens is 2. The van der Waals surface area contributed by atoms with Crippen molar-refractivity contribution in [3.8, 4) is 11.8 Å². The van der Waals surface area contributed by atoms with Crippen molar-refractivity contribution < 1.29 is 23.9 Å². The van der Waals surface area contributed by atoms with Crippen molar-refractivity contribution in [3.05, 3.63) is 107 Å². The van der Waals surface area contributed by atoms with Crippen molar-refractivity contribution in [1.82, 2.24) is 35.5 Å². The van der Waals surface area contributed by atoms with Crippen LogP contribution in [0.1, 0.15) is 80.0 Å². The third-order valence-corrected chi connectivity index (χ3v) is 12.4. The third kappa shape index (κ3) is 6.26. The number of methoxy groups -OCH3 is 1. The van der Waals surface area contributed by atoms with Gasteiger partial charge in [-0.05, 0) is 90.8 Å². The van der Waals surface area contributed by atoms with Crippen LogP contribution < -0.4 is 10.6 Å². The molecule has 4 aliphatic rings. The average Bonchev–Trinajstić information content (AvgIpc) is 3.79. The highest BCUT2D eigenvalue weighted by atomic mass is 16.6. The minimum atomic E-state index is -0.655. The summed E-state index contributed by atoms with van der Waals surface area (Å²) in [5, 5.41) is 8.37. The maximum absolute atomic E-state index is 13.7. The van der Waals surface area contributed by atoms with Crippen LogP contribution in [0.3, 0.4) is 0 Å². The van der Waals surface area contributed by atoms with Gasteiger partial charge in [0.1, 0.15) is 18.3 Å². The van der Waals surface area contributed by atoms with E-state index in [-0.39, 0.29) is 48.4 Å². The smallest absolute Gasteiger partial charge is 0.410 e. The Morgan fingerprint density at radius 2 is 1.70 bits per heavy atom. The van der Waals surface area contributed by atoms with Gasteiger partial charge in [-0.2, -0.15) is 0 Å². The molecule has 12 nitrogen and oxygen atoms in total. The number of ether oxygens (including phenoxy) is 2. The van der Waals surface area contributed by atoms with Crippen molar-refractivity contribution in [2.24, 2.45) is 17.8 Å². The number of hydrogen-bond acceptors (Lipinski definition) is 8. The van der Waals surface area contributed by atoms with Gasteiger partial charge >= 0.3 is 12.2 Å². The molecule has 2 aliphatic carbocycles. The number of piperidine rings is 2. The standard InChI is InChI=1S/C45H43N7O5/c1-24(2)38(50-43(54)56-3)40(53)45-22-30(45)21-35(51-45)41-46-32-15-12-26(18-34(32)48-41)10-9-25-11-14-31-28(17-25)13-16-33-39(31)49-42(47-33)37-20-29-19-36(29)52(37)44(55)57-23-27-7-5-4-6-8-27/h4-8,11-18,24,29-30,35-38,51H,19-23H2,1-3H3,(H,46,48)(H,47,49)(H,50,54)/t29-,30-,35+,36-,37+,38+,45-/m1/s1. The number of nitrogens with zero attached hydrogens (tertiary/aromatic N) is 3. The second kappa shape index (κ2) is 13.5. The second-order valence-corrected chi connectivity index (χ2v) is 16.4. The molecular weight excluding hydrogens is 719 g/mol. The van der Waals surface area contributed by atoms with E-state index in [1.165, 1.54) is 7.11 Å². The lowest BCUT2D eigenvalue weighted by molar-refractivity contribution is -0.125. The number of carbonyl (C=O) groups is 3. The molecule has 2 saturated carbocycles. The molecule has 288 valence electrons. The Labute approximate surface area is 329 Å². The fourth-order valence-electron chi connectivity index (χ4n) is 9.23. The van der Waals surface area contributed by atoms with Crippen molar-refractivity contribution in [1.29, 1.82) is 0 Å².